The van der Waals surface area contributed by atoms with Crippen molar-refractivity contribution in [2.45, 2.75) is 6.04 Å². The Morgan fingerprint density at radius 2 is 1.96 bits per heavy atom. The van der Waals surface area contributed by atoms with E-state index < -0.39 is 5.82 Å². The molecule has 23 heavy (non-hydrogen) atoms. The van der Waals surface area contributed by atoms with Gasteiger partial charge < -0.3 is 15.0 Å². The maximum atomic E-state index is 14.0. The monoisotopic (exact) mass is 314 g/mol. The van der Waals surface area contributed by atoms with Gasteiger partial charge in [0.25, 0.3) is 5.91 Å². The molecule has 1 heterocycles. The Hall–Kier alpha value is -2.40. The summed E-state index contributed by atoms with van der Waals surface area (Å²) >= 11 is 0. The third-order valence-electron chi connectivity index (χ3n) is 4.11. The number of halogens is 1. The number of hydrogen-bond acceptors (Lipinski definition) is 3. The molecule has 3 rings (SSSR count). The summed E-state index contributed by atoms with van der Waals surface area (Å²) in [6, 6.07) is 13.5. The second-order valence-corrected chi connectivity index (χ2v) is 5.44. The highest BCUT2D eigenvalue weighted by Gasteiger charge is 2.31. The molecule has 1 aliphatic heterocycles. The minimum atomic E-state index is -0.491. The van der Waals surface area contributed by atoms with Crippen molar-refractivity contribution in [3.8, 4) is 5.75 Å². The Balaban J connectivity index is 1.96. The average molecular weight is 314 g/mol. The summed E-state index contributed by atoms with van der Waals surface area (Å²) in [4.78, 5) is 14.5. The van der Waals surface area contributed by atoms with Gasteiger partial charge in [0.1, 0.15) is 11.6 Å². The summed E-state index contributed by atoms with van der Waals surface area (Å²) in [5.74, 6) is -0.0529. The van der Waals surface area contributed by atoms with Crippen molar-refractivity contribution in [3.63, 3.8) is 0 Å². The first-order valence-electron chi connectivity index (χ1n) is 7.61. The standard InChI is InChI=1S/C18H19FN2O2/c1-23-17-9-5-3-7-14(17)16-12-20-10-11-21(16)18(22)13-6-2-4-8-15(13)19/h2-9,16,20H,10-12H2,1H3/t16-/m1/s1. The van der Waals surface area contributed by atoms with Crippen molar-refractivity contribution >= 4 is 5.91 Å². The Labute approximate surface area is 134 Å². The van der Waals surface area contributed by atoms with Gasteiger partial charge in [-0.3, -0.25) is 4.79 Å². The van der Waals surface area contributed by atoms with Gasteiger partial charge in [-0.05, 0) is 18.2 Å². The van der Waals surface area contributed by atoms with Gasteiger partial charge in [-0.25, -0.2) is 4.39 Å². The number of hydrogen-bond donors (Lipinski definition) is 1. The number of nitrogens with zero attached hydrogens (tertiary/aromatic N) is 1. The van der Waals surface area contributed by atoms with Crippen LogP contribution in [0.25, 0.3) is 0 Å². The first-order chi connectivity index (χ1) is 11.2. The van der Waals surface area contributed by atoms with Crippen molar-refractivity contribution in [1.82, 2.24) is 10.2 Å². The predicted octanol–water partition coefficient (Wildman–Crippen LogP) is 2.62. The number of piperazine rings is 1. The third kappa shape index (κ3) is 3.05. The van der Waals surface area contributed by atoms with Crippen molar-refractivity contribution in [3.05, 3.63) is 65.5 Å². The highest BCUT2D eigenvalue weighted by molar-refractivity contribution is 5.95. The fourth-order valence-electron chi connectivity index (χ4n) is 2.96. The second-order valence-electron chi connectivity index (χ2n) is 5.44. The van der Waals surface area contributed by atoms with Gasteiger partial charge in [-0.15, -0.1) is 0 Å². The number of carbonyl (C=O) groups excluding carboxylic acids is 1. The zero-order valence-electron chi connectivity index (χ0n) is 13.0. The highest BCUT2D eigenvalue weighted by Crippen LogP contribution is 2.31. The van der Waals surface area contributed by atoms with E-state index in [-0.39, 0.29) is 17.5 Å². The van der Waals surface area contributed by atoms with E-state index in [0.717, 1.165) is 11.3 Å². The smallest absolute Gasteiger partial charge is 0.257 e. The lowest BCUT2D eigenvalue weighted by Gasteiger charge is -2.37. The first kappa shape index (κ1) is 15.5. The molecule has 2 aromatic carbocycles. The van der Waals surface area contributed by atoms with Gasteiger partial charge in [0.05, 0.1) is 18.7 Å². The van der Waals surface area contributed by atoms with Crippen LogP contribution in [0.4, 0.5) is 4.39 Å². The number of rotatable bonds is 3. The summed E-state index contributed by atoms with van der Waals surface area (Å²) < 4.78 is 19.4. The molecule has 0 saturated carbocycles. The highest BCUT2D eigenvalue weighted by atomic mass is 19.1. The van der Waals surface area contributed by atoms with Gasteiger partial charge in [-0.2, -0.15) is 0 Å². The molecule has 0 spiro atoms. The van der Waals surface area contributed by atoms with Crippen molar-refractivity contribution in [1.29, 1.82) is 0 Å². The van der Waals surface area contributed by atoms with Crippen LogP contribution in [0.1, 0.15) is 22.0 Å². The molecule has 0 aromatic heterocycles. The number of nitrogens with one attached hydrogen (secondary N) is 1. The lowest BCUT2D eigenvalue weighted by Crippen LogP contribution is -2.49. The van der Waals surface area contributed by atoms with Crippen molar-refractivity contribution in [2.75, 3.05) is 26.7 Å². The van der Waals surface area contributed by atoms with Crippen LogP contribution in [0, 0.1) is 5.82 Å². The molecule has 0 radical (unpaired) electrons. The minimum Gasteiger partial charge on any atom is -0.496 e. The number of methoxy groups -OCH3 is 1. The van der Waals surface area contributed by atoms with E-state index in [2.05, 4.69) is 5.32 Å². The molecule has 1 atom stereocenters. The number of carbonyl (C=O) groups is 1. The molecular weight excluding hydrogens is 295 g/mol. The molecule has 0 aliphatic carbocycles. The van der Waals surface area contributed by atoms with Crippen LogP contribution < -0.4 is 10.1 Å². The molecule has 1 aliphatic rings. The van der Waals surface area contributed by atoms with E-state index in [1.807, 2.05) is 24.3 Å². The topological polar surface area (TPSA) is 41.6 Å². The zero-order valence-corrected chi connectivity index (χ0v) is 13.0. The maximum absolute atomic E-state index is 14.0. The SMILES string of the molecule is COc1ccccc1[C@H]1CNCCN1C(=O)c1ccccc1F. The average Bonchev–Trinajstić information content (AvgIpc) is 2.61. The third-order valence-corrected chi connectivity index (χ3v) is 4.11. The van der Waals surface area contributed by atoms with Gasteiger partial charge in [0, 0.05) is 25.2 Å². The summed E-state index contributed by atoms with van der Waals surface area (Å²) in [5.41, 5.74) is 1.03. The lowest BCUT2D eigenvalue weighted by atomic mass is 10.0. The summed E-state index contributed by atoms with van der Waals surface area (Å²) in [6.07, 6.45) is 0. The first-order valence-corrected chi connectivity index (χ1v) is 7.61. The largest absolute Gasteiger partial charge is 0.496 e. The Kier molecular flexibility index (Phi) is 4.57. The van der Waals surface area contributed by atoms with Gasteiger partial charge >= 0.3 is 0 Å². The Morgan fingerprint density at radius 1 is 1.22 bits per heavy atom. The zero-order chi connectivity index (χ0) is 16.2. The molecule has 4 nitrogen and oxygen atoms in total. The number of para-hydroxylation sites is 1. The van der Waals surface area contributed by atoms with Crippen LogP contribution in [0.2, 0.25) is 0 Å². The van der Waals surface area contributed by atoms with E-state index in [9.17, 15) is 9.18 Å². The van der Waals surface area contributed by atoms with Crippen LogP contribution in [-0.4, -0.2) is 37.6 Å². The summed E-state index contributed by atoms with van der Waals surface area (Å²) in [6.45, 7) is 1.82. The molecule has 1 N–H and O–H groups in total. The van der Waals surface area contributed by atoms with Crippen LogP contribution in [0.15, 0.2) is 48.5 Å². The van der Waals surface area contributed by atoms with E-state index in [1.165, 1.54) is 12.1 Å². The van der Waals surface area contributed by atoms with Gasteiger partial charge in [-0.1, -0.05) is 30.3 Å². The van der Waals surface area contributed by atoms with Crippen LogP contribution in [-0.2, 0) is 0 Å². The number of benzene rings is 2. The molecular formula is C18H19FN2O2. The fraction of sp³-hybridized carbons (Fsp3) is 0.278. The van der Waals surface area contributed by atoms with E-state index in [1.54, 1.807) is 24.1 Å². The maximum Gasteiger partial charge on any atom is 0.257 e. The normalized spacial score (nSPS) is 17.8. The minimum absolute atomic E-state index is 0.106. The molecule has 0 unspecified atom stereocenters. The molecule has 1 fully saturated rings. The van der Waals surface area contributed by atoms with E-state index >= 15 is 0 Å². The van der Waals surface area contributed by atoms with Crippen LogP contribution in [0.5, 0.6) is 5.75 Å². The second kappa shape index (κ2) is 6.79. The van der Waals surface area contributed by atoms with Crippen LogP contribution >= 0.6 is 0 Å². The number of ether oxygens (including phenoxy) is 1. The van der Waals surface area contributed by atoms with Gasteiger partial charge in [0.15, 0.2) is 0 Å². The van der Waals surface area contributed by atoms with Crippen molar-refractivity contribution < 1.29 is 13.9 Å². The van der Waals surface area contributed by atoms with E-state index in [4.69, 9.17) is 4.74 Å². The quantitative estimate of drug-likeness (QED) is 0.947. The lowest BCUT2D eigenvalue weighted by molar-refractivity contribution is 0.0627. The molecule has 120 valence electrons. The fourth-order valence-corrected chi connectivity index (χ4v) is 2.96. The summed E-state index contributed by atoms with van der Waals surface area (Å²) in [5, 5.41) is 3.29. The van der Waals surface area contributed by atoms with Gasteiger partial charge in [0.2, 0.25) is 0 Å². The molecule has 2 aromatic rings. The molecule has 1 amide bonds. The van der Waals surface area contributed by atoms with E-state index in [0.29, 0.717) is 19.6 Å². The Bertz CT molecular complexity index is 705. The predicted molar refractivity (Wildman–Crippen MR) is 86.0 cm³/mol. The molecule has 0 bridgehead atoms. The molecule has 5 heteroatoms. The molecule has 1 saturated heterocycles. The Morgan fingerprint density at radius 3 is 2.74 bits per heavy atom. The van der Waals surface area contributed by atoms with Crippen LogP contribution in [0.3, 0.4) is 0 Å². The van der Waals surface area contributed by atoms with Crippen molar-refractivity contribution in [2.24, 2.45) is 0 Å². The summed E-state index contributed by atoms with van der Waals surface area (Å²) in [7, 11) is 1.61. The number of amides is 1.